The minimum absolute atomic E-state index is 0.0244. The number of amides is 1. The summed E-state index contributed by atoms with van der Waals surface area (Å²) in [5, 5.41) is 0.712. The lowest BCUT2D eigenvalue weighted by atomic mass is 9.93. The topological polar surface area (TPSA) is 37.4 Å². The van der Waals surface area contributed by atoms with E-state index >= 15 is 0 Å². The number of hydrogen-bond donors (Lipinski definition) is 0. The highest BCUT2D eigenvalue weighted by atomic mass is 79.9. The number of benzene rings is 1. The molecule has 1 amide bonds. The number of halogens is 2. The summed E-state index contributed by atoms with van der Waals surface area (Å²) in [6.07, 6.45) is 4.49. The number of Topliss-reactive ketones (excluding diaryl/α,β-unsaturated/α-hetero) is 1. The van der Waals surface area contributed by atoms with Gasteiger partial charge in [0.15, 0.2) is 0 Å². The van der Waals surface area contributed by atoms with Crippen molar-refractivity contribution in [2.24, 2.45) is 5.92 Å². The second-order valence-corrected chi connectivity index (χ2v) is 7.55. The zero-order chi connectivity index (χ0) is 15.7. The fourth-order valence-electron chi connectivity index (χ4n) is 3.50. The zero-order valence-electron chi connectivity index (χ0n) is 12.4. The molecular formula is C17H19BrClNO2. The Labute approximate surface area is 144 Å². The molecule has 0 N–H and O–H groups in total. The van der Waals surface area contributed by atoms with Crippen LogP contribution in [-0.2, 0) is 16.0 Å². The van der Waals surface area contributed by atoms with Crippen LogP contribution in [0.2, 0.25) is 5.02 Å². The third-order valence-corrected chi connectivity index (χ3v) is 5.63. The summed E-state index contributed by atoms with van der Waals surface area (Å²) < 4.78 is 0.951. The van der Waals surface area contributed by atoms with Crippen LogP contribution in [0.25, 0.3) is 0 Å². The second-order valence-electron chi connectivity index (χ2n) is 6.23. The van der Waals surface area contributed by atoms with E-state index in [0.29, 0.717) is 30.1 Å². The van der Waals surface area contributed by atoms with E-state index < -0.39 is 0 Å². The van der Waals surface area contributed by atoms with Crippen molar-refractivity contribution in [2.45, 2.75) is 44.6 Å². The number of ketones is 1. The lowest BCUT2D eigenvalue weighted by Gasteiger charge is -2.30. The van der Waals surface area contributed by atoms with Crippen molar-refractivity contribution in [3.05, 3.63) is 33.3 Å². The number of hydrogen-bond acceptors (Lipinski definition) is 2. The number of nitrogens with zero attached hydrogens (tertiary/aromatic N) is 1. The van der Waals surface area contributed by atoms with Crippen molar-refractivity contribution in [1.82, 2.24) is 4.90 Å². The monoisotopic (exact) mass is 383 g/mol. The number of carbonyl (C=O) groups excluding carboxylic acids is 2. The van der Waals surface area contributed by atoms with Gasteiger partial charge in [-0.3, -0.25) is 9.59 Å². The highest BCUT2D eigenvalue weighted by Gasteiger charge is 2.37. The summed E-state index contributed by atoms with van der Waals surface area (Å²) in [7, 11) is 0. The van der Waals surface area contributed by atoms with Gasteiger partial charge in [-0.15, -0.1) is 0 Å². The first-order chi connectivity index (χ1) is 10.5. The molecule has 1 unspecified atom stereocenters. The maximum atomic E-state index is 12.7. The molecule has 1 atom stereocenters. The Kier molecular flexibility index (Phi) is 4.88. The van der Waals surface area contributed by atoms with E-state index in [1.165, 1.54) is 0 Å². The van der Waals surface area contributed by atoms with Crippen LogP contribution in [0, 0.1) is 5.92 Å². The van der Waals surface area contributed by atoms with Crippen molar-refractivity contribution >= 4 is 39.2 Å². The van der Waals surface area contributed by atoms with Crippen molar-refractivity contribution in [3.8, 4) is 0 Å². The second kappa shape index (κ2) is 6.71. The summed E-state index contributed by atoms with van der Waals surface area (Å²) in [5.41, 5.74) is 1.03. The van der Waals surface area contributed by atoms with Crippen LogP contribution in [0.3, 0.4) is 0 Å². The van der Waals surface area contributed by atoms with Gasteiger partial charge in [0.2, 0.25) is 5.91 Å². The minimum atomic E-state index is 0.0244. The lowest BCUT2D eigenvalue weighted by Crippen LogP contribution is -2.40. The molecule has 0 radical (unpaired) electrons. The molecule has 3 rings (SSSR count). The first-order valence-electron chi connectivity index (χ1n) is 7.80. The van der Waals surface area contributed by atoms with Gasteiger partial charge in [0.25, 0.3) is 0 Å². The average molecular weight is 385 g/mol. The average Bonchev–Trinajstić information content (AvgIpc) is 2.84. The van der Waals surface area contributed by atoms with Gasteiger partial charge >= 0.3 is 0 Å². The summed E-state index contributed by atoms with van der Waals surface area (Å²) >= 11 is 9.66. The highest BCUT2D eigenvalue weighted by Crippen LogP contribution is 2.31. The summed E-state index contributed by atoms with van der Waals surface area (Å²) in [6.45, 7) is 0.816. The SMILES string of the molecule is O=C1CCC(N2CCC(Cc3ccc(Br)cc3Cl)C2=O)CC1. The zero-order valence-corrected chi connectivity index (χ0v) is 14.7. The molecule has 1 saturated carbocycles. The largest absolute Gasteiger partial charge is 0.339 e. The van der Waals surface area contributed by atoms with Crippen molar-refractivity contribution in [3.63, 3.8) is 0 Å². The predicted molar refractivity (Wildman–Crippen MR) is 89.9 cm³/mol. The first kappa shape index (κ1) is 16.0. The van der Waals surface area contributed by atoms with Crippen LogP contribution in [0.1, 0.15) is 37.7 Å². The quantitative estimate of drug-likeness (QED) is 0.790. The Morgan fingerprint density at radius 1 is 1.18 bits per heavy atom. The summed E-state index contributed by atoms with van der Waals surface area (Å²) in [5.74, 6) is 0.593. The Morgan fingerprint density at radius 3 is 2.59 bits per heavy atom. The Balaban J connectivity index is 1.65. The molecule has 0 aromatic heterocycles. The molecule has 22 heavy (non-hydrogen) atoms. The Morgan fingerprint density at radius 2 is 1.91 bits per heavy atom. The molecule has 1 saturated heterocycles. The van der Waals surface area contributed by atoms with E-state index in [1.54, 1.807) is 0 Å². The van der Waals surface area contributed by atoms with Crippen molar-refractivity contribution in [2.75, 3.05) is 6.54 Å². The van der Waals surface area contributed by atoms with Gasteiger partial charge in [-0.1, -0.05) is 33.6 Å². The molecule has 2 aliphatic rings. The Hall–Kier alpha value is -0.870. The fraction of sp³-hybridized carbons (Fsp3) is 0.529. The summed E-state index contributed by atoms with van der Waals surface area (Å²) in [4.78, 5) is 26.0. The molecule has 0 bridgehead atoms. The molecule has 0 spiro atoms. The maximum Gasteiger partial charge on any atom is 0.226 e. The van der Waals surface area contributed by atoms with E-state index in [4.69, 9.17) is 11.6 Å². The van der Waals surface area contributed by atoms with E-state index in [-0.39, 0.29) is 17.9 Å². The first-order valence-corrected chi connectivity index (χ1v) is 8.98. The van der Waals surface area contributed by atoms with Crippen LogP contribution >= 0.6 is 27.5 Å². The van der Waals surface area contributed by atoms with Gasteiger partial charge in [-0.2, -0.15) is 0 Å². The molecule has 1 aliphatic heterocycles. The van der Waals surface area contributed by atoms with E-state index in [9.17, 15) is 9.59 Å². The fourth-order valence-corrected chi connectivity index (χ4v) is 4.25. The Bertz CT molecular complexity index is 594. The highest BCUT2D eigenvalue weighted by molar-refractivity contribution is 9.10. The van der Waals surface area contributed by atoms with Crippen LogP contribution in [0.5, 0.6) is 0 Å². The van der Waals surface area contributed by atoms with Gasteiger partial charge in [0.1, 0.15) is 5.78 Å². The van der Waals surface area contributed by atoms with Crippen LogP contribution in [-0.4, -0.2) is 29.2 Å². The third-order valence-electron chi connectivity index (χ3n) is 4.79. The number of rotatable bonds is 3. The predicted octanol–water partition coefficient (Wildman–Crippen LogP) is 4.01. The van der Waals surface area contributed by atoms with Gasteiger partial charge in [0, 0.05) is 40.8 Å². The smallest absolute Gasteiger partial charge is 0.226 e. The molecule has 1 heterocycles. The summed E-state index contributed by atoms with van der Waals surface area (Å²) in [6, 6.07) is 6.09. The van der Waals surface area contributed by atoms with Gasteiger partial charge in [-0.25, -0.2) is 0 Å². The standard InChI is InChI=1S/C17H19BrClNO2/c18-13-2-1-11(16(19)10-13)9-12-7-8-20(17(12)22)14-3-5-15(21)6-4-14/h1-2,10,12,14H,3-9H2. The van der Waals surface area contributed by atoms with E-state index in [1.807, 2.05) is 23.1 Å². The van der Waals surface area contributed by atoms with E-state index in [2.05, 4.69) is 15.9 Å². The third kappa shape index (κ3) is 3.38. The number of likely N-dealkylation sites (tertiary alicyclic amines) is 1. The molecule has 2 fully saturated rings. The molecule has 118 valence electrons. The van der Waals surface area contributed by atoms with Crippen LogP contribution < -0.4 is 0 Å². The lowest BCUT2D eigenvalue weighted by molar-refractivity contribution is -0.135. The van der Waals surface area contributed by atoms with Crippen LogP contribution in [0.4, 0.5) is 0 Å². The molecular weight excluding hydrogens is 366 g/mol. The minimum Gasteiger partial charge on any atom is -0.339 e. The maximum absolute atomic E-state index is 12.7. The van der Waals surface area contributed by atoms with Crippen molar-refractivity contribution in [1.29, 1.82) is 0 Å². The number of carbonyl (C=O) groups is 2. The van der Waals surface area contributed by atoms with Crippen molar-refractivity contribution < 1.29 is 9.59 Å². The van der Waals surface area contributed by atoms with E-state index in [0.717, 1.165) is 35.8 Å². The van der Waals surface area contributed by atoms with Gasteiger partial charge in [0.05, 0.1) is 0 Å². The van der Waals surface area contributed by atoms with Gasteiger partial charge in [-0.05, 0) is 43.4 Å². The van der Waals surface area contributed by atoms with Gasteiger partial charge < -0.3 is 4.90 Å². The molecule has 5 heteroatoms. The molecule has 3 nitrogen and oxygen atoms in total. The molecule has 1 aromatic carbocycles. The normalized spacial score (nSPS) is 23.4. The molecule has 1 aromatic rings. The molecule has 1 aliphatic carbocycles. The van der Waals surface area contributed by atoms with Crippen LogP contribution in [0.15, 0.2) is 22.7 Å².